The molecule has 0 fully saturated rings. The lowest BCUT2D eigenvalue weighted by molar-refractivity contribution is 0.578. The minimum Gasteiger partial charge on any atom is -0.456 e. The average Bonchev–Trinajstić information content (AvgIpc) is 3.80. The number of furan rings is 1. The van der Waals surface area contributed by atoms with Crippen molar-refractivity contribution in [3.8, 4) is 22.3 Å². The van der Waals surface area contributed by atoms with Crippen molar-refractivity contribution in [2.45, 2.75) is 13.0 Å². The van der Waals surface area contributed by atoms with Crippen molar-refractivity contribution < 1.29 is 4.42 Å². The molecule has 0 spiro atoms. The van der Waals surface area contributed by atoms with E-state index in [1.165, 1.54) is 60.1 Å². The molecule has 0 saturated carbocycles. The summed E-state index contributed by atoms with van der Waals surface area (Å²) in [6.45, 7) is 7.11. The molecule has 272 valence electrons. The SMILES string of the molecule is C=C1C2=C(c3ccc4c(c3)oc3ccccc34)C(C)C(c3ccccc3)N=C2c2ccc(-c3cccc(-c4ccc5c6ccccc6c6ccccc6c5c4)c3)cc21. The van der Waals surface area contributed by atoms with E-state index in [9.17, 15) is 0 Å². The minimum atomic E-state index is -0.0338. The topological polar surface area (TPSA) is 25.5 Å². The number of aliphatic imine (C=N–C) groups is 1. The molecule has 0 bridgehead atoms. The zero-order valence-electron chi connectivity index (χ0n) is 32.0. The van der Waals surface area contributed by atoms with Crippen LogP contribution in [0, 0.1) is 5.92 Å². The molecule has 58 heavy (non-hydrogen) atoms. The largest absolute Gasteiger partial charge is 0.456 e. The minimum absolute atomic E-state index is 0.0338. The molecule has 0 N–H and O–H groups in total. The summed E-state index contributed by atoms with van der Waals surface area (Å²) in [4.78, 5) is 5.56. The molecule has 1 aliphatic heterocycles. The van der Waals surface area contributed by atoms with Crippen LogP contribution < -0.4 is 0 Å². The number of rotatable bonds is 4. The van der Waals surface area contributed by atoms with E-state index in [1.807, 2.05) is 12.1 Å². The van der Waals surface area contributed by atoms with E-state index in [4.69, 9.17) is 16.0 Å². The predicted molar refractivity (Wildman–Crippen MR) is 244 cm³/mol. The number of hydrogen-bond donors (Lipinski definition) is 0. The molecule has 2 atom stereocenters. The maximum absolute atomic E-state index is 6.42. The highest BCUT2D eigenvalue weighted by molar-refractivity contribution is 6.33. The average molecular weight is 740 g/mol. The van der Waals surface area contributed by atoms with E-state index < -0.39 is 0 Å². The van der Waals surface area contributed by atoms with Gasteiger partial charge in [0.05, 0.1) is 11.8 Å². The van der Waals surface area contributed by atoms with E-state index in [-0.39, 0.29) is 12.0 Å². The Morgan fingerprint density at radius 3 is 1.72 bits per heavy atom. The predicted octanol–water partition coefficient (Wildman–Crippen LogP) is 15.0. The van der Waals surface area contributed by atoms with Crippen LogP contribution in [0.15, 0.2) is 204 Å². The summed E-state index contributed by atoms with van der Waals surface area (Å²) in [6.07, 6.45) is 0. The number of allylic oxidation sites excluding steroid dienone is 2. The molecule has 12 rings (SSSR count). The van der Waals surface area contributed by atoms with Crippen LogP contribution in [-0.2, 0) is 0 Å². The molecule has 2 unspecified atom stereocenters. The first-order chi connectivity index (χ1) is 28.6. The van der Waals surface area contributed by atoms with E-state index in [1.54, 1.807) is 0 Å². The zero-order chi connectivity index (χ0) is 38.5. The van der Waals surface area contributed by atoms with Gasteiger partial charge in [0.1, 0.15) is 11.2 Å². The van der Waals surface area contributed by atoms with E-state index in [0.717, 1.165) is 61.1 Å². The molecular formula is C56H37NO. The van der Waals surface area contributed by atoms with Gasteiger partial charge < -0.3 is 4.42 Å². The van der Waals surface area contributed by atoms with Crippen LogP contribution in [0.5, 0.6) is 0 Å². The lowest BCUT2D eigenvalue weighted by atomic mass is 9.78. The monoisotopic (exact) mass is 739 g/mol. The standard InChI is InChI=1S/C56H37NO/c1-33-49-30-38(36-15-12-16-37(29-36)39-23-26-45-43-19-7-6-17-41(43)42-18-8-9-20-44(42)50(45)31-39)24-28-48(49)56-54(33)53(34(2)55(57-56)35-13-4-3-5-14-35)40-25-27-47-46-21-10-11-22-51(46)58-52(47)32-40/h3-32,34,55H,1H2,2H3. The van der Waals surface area contributed by atoms with E-state index >= 15 is 0 Å². The Kier molecular flexibility index (Phi) is 7.15. The van der Waals surface area contributed by atoms with Crippen molar-refractivity contribution in [1.82, 2.24) is 0 Å². The fourth-order valence-corrected chi connectivity index (χ4v) is 9.93. The zero-order valence-corrected chi connectivity index (χ0v) is 32.0. The fourth-order valence-electron chi connectivity index (χ4n) is 9.93. The van der Waals surface area contributed by atoms with Gasteiger partial charge in [0.2, 0.25) is 0 Å². The van der Waals surface area contributed by atoms with Crippen LogP contribution in [0.25, 0.3) is 87.7 Å². The molecule has 0 amide bonds. The summed E-state index contributed by atoms with van der Waals surface area (Å²) in [7, 11) is 0. The number of para-hydroxylation sites is 1. The van der Waals surface area contributed by atoms with Gasteiger partial charge in [-0.3, -0.25) is 4.99 Å². The lowest BCUT2D eigenvalue weighted by Crippen LogP contribution is -2.20. The summed E-state index contributed by atoms with van der Waals surface area (Å²) < 4.78 is 6.42. The first kappa shape index (κ1) is 32.9. The second-order valence-electron chi connectivity index (χ2n) is 15.9. The summed E-state index contributed by atoms with van der Waals surface area (Å²) in [5.41, 5.74) is 15.7. The third-order valence-electron chi connectivity index (χ3n) is 12.7. The molecule has 1 aromatic heterocycles. The maximum atomic E-state index is 6.42. The normalized spacial score (nSPS) is 16.4. The molecule has 10 aromatic rings. The fraction of sp³-hybridized carbons (Fsp3) is 0.0536. The summed E-state index contributed by atoms with van der Waals surface area (Å²) in [6, 6.07) is 66.0. The van der Waals surface area contributed by atoms with E-state index in [2.05, 4.69) is 177 Å². The molecule has 2 heteroatoms. The highest BCUT2D eigenvalue weighted by Gasteiger charge is 2.38. The Labute approximate surface area is 336 Å². The molecule has 9 aromatic carbocycles. The van der Waals surface area contributed by atoms with Crippen molar-refractivity contribution in [2.75, 3.05) is 0 Å². The van der Waals surface area contributed by atoms with Crippen LogP contribution in [0.2, 0.25) is 0 Å². The van der Waals surface area contributed by atoms with Crippen molar-refractivity contribution in [3.63, 3.8) is 0 Å². The second-order valence-corrected chi connectivity index (χ2v) is 15.9. The van der Waals surface area contributed by atoms with E-state index in [0.29, 0.717) is 0 Å². The number of hydrogen-bond acceptors (Lipinski definition) is 2. The van der Waals surface area contributed by atoms with Crippen molar-refractivity contribution >= 4 is 71.1 Å². The third-order valence-corrected chi connectivity index (χ3v) is 12.7. The number of benzene rings is 9. The smallest absolute Gasteiger partial charge is 0.136 e. The Morgan fingerprint density at radius 2 is 0.983 bits per heavy atom. The van der Waals surface area contributed by atoms with Gasteiger partial charge in [-0.25, -0.2) is 0 Å². The first-order valence-corrected chi connectivity index (χ1v) is 20.2. The molecule has 2 heterocycles. The molecule has 1 aliphatic carbocycles. The summed E-state index contributed by atoms with van der Waals surface area (Å²) >= 11 is 0. The molecule has 0 radical (unpaired) electrons. The van der Waals surface area contributed by atoms with Gasteiger partial charge in [0.25, 0.3) is 0 Å². The van der Waals surface area contributed by atoms with Gasteiger partial charge in [-0.15, -0.1) is 0 Å². The highest BCUT2D eigenvalue weighted by atomic mass is 16.3. The second kappa shape index (κ2) is 12.6. The van der Waals surface area contributed by atoms with Crippen LogP contribution in [-0.4, -0.2) is 5.71 Å². The van der Waals surface area contributed by atoms with Crippen molar-refractivity contribution in [1.29, 1.82) is 0 Å². The molecule has 2 nitrogen and oxygen atoms in total. The van der Waals surface area contributed by atoms with Gasteiger partial charge in [-0.2, -0.15) is 0 Å². The molecule has 2 aliphatic rings. The van der Waals surface area contributed by atoms with Gasteiger partial charge in [-0.1, -0.05) is 159 Å². The molecular weight excluding hydrogens is 703 g/mol. The van der Waals surface area contributed by atoms with Gasteiger partial charge in [0, 0.05) is 27.8 Å². The number of fused-ring (bicyclic) bond motifs is 12. The summed E-state index contributed by atoms with van der Waals surface area (Å²) in [5.74, 6) is 0.113. The third kappa shape index (κ3) is 4.88. The van der Waals surface area contributed by atoms with Gasteiger partial charge in [0.15, 0.2) is 0 Å². The van der Waals surface area contributed by atoms with Crippen LogP contribution in [0.1, 0.15) is 35.2 Å². The quantitative estimate of drug-likeness (QED) is 0.165. The highest BCUT2D eigenvalue weighted by Crippen LogP contribution is 2.51. The van der Waals surface area contributed by atoms with Crippen molar-refractivity contribution in [2.24, 2.45) is 10.9 Å². The Hall–Kier alpha value is -7.29. The Bertz CT molecular complexity index is 3400. The Balaban J connectivity index is 0.980. The lowest BCUT2D eigenvalue weighted by Gasteiger charge is -2.31. The van der Waals surface area contributed by atoms with Crippen molar-refractivity contribution in [3.05, 3.63) is 216 Å². The van der Waals surface area contributed by atoms with Crippen LogP contribution in [0.4, 0.5) is 0 Å². The maximum Gasteiger partial charge on any atom is 0.136 e. The summed E-state index contributed by atoms with van der Waals surface area (Å²) in [5, 5.41) is 9.99. The number of dihydropyridines is 1. The number of nitrogens with zero attached hydrogens (tertiary/aromatic N) is 1. The van der Waals surface area contributed by atoms with Crippen LogP contribution in [0.3, 0.4) is 0 Å². The van der Waals surface area contributed by atoms with Gasteiger partial charge in [-0.05, 0) is 119 Å². The molecule has 0 saturated heterocycles. The van der Waals surface area contributed by atoms with Crippen LogP contribution >= 0.6 is 0 Å². The van der Waals surface area contributed by atoms with Gasteiger partial charge >= 0.3 is 0 Å². The first-order valence-electron chi connectivity index (χ1n) is 20.2. The Morgan fingerprint density at radius 1 is 0.431 bits per heavy atom.